The van der Waals surface area contributed by atoms with Crippen LogP contribution in [0, 0.1) is 6.92 Å². The van der Waals surface area contributed by atoms with Crippen molar-refractivity contribution in [2.75, 3.05) is 4.90 Å². The van der Waals surface area contributed by atoms with Crippen LogP contribution in [0.3, 0.4) is 0 Å². The predicted molar refractivity (Wildman–Crippen MR) is 210 cm³/mol. The zero-order valence-electron chi connectivity index (χ0n) is 31.3. The van der Waals surface area contributed by atoms with Gasteiger partial charge in [-0.15, -0.1) is 0 Å². The maximum atomic E-state index is 13.9. The number of fused-ring (bicyclic) bond motifs is 2. The highest BCUT2D eigenvalue weighted by molar-refractivity contribution is 5.97. The van der Waals surface area contributed by atoms with Crippen molar-refractivity contribution in [3.63, 3.8) is 0 Å². The quantitative estimate of drug-likeness (QED) is 0.0640. The average molecular weight is 685 g/mol. The van der Waals surface area contributed by atoms with E-state index < -0.39 is 11.7 Å². The lowest BCUT2D eigenvalue weighted by Crippen LogP contribution is -2.46. The van der Waals surface area contributed by atoms with E-state index in [4.69, 9.17) is 9.72 Å². The van der Waals surface area contributed by atoms with Crippen LogP contribution >= 0.6 is 0 Å². The molecular weight excluding hydrogens is 629 g/mol. The molecule has 0 radical (unpaired) electrons. The van der Waals surface area contributed by atoms with Gasteiger partial charge in [-0.3, -0.25) is 9.88 Å². The van der Waals surface area contributed by atoms with E-state index >= 15 is 0 Å². The summed E-state index contributed by atoms with van der Waals surface area (Å²) in [4.78, 5) is 25.6. The minimum absolute atomic E-state index is 0.259. The van der Waals surface area contributed by atoms with Gasteiger partial charge in [0.15, 0.2) is 5.69 Å². The highest BCUT2D eigenvalue weighted by Crippen LogP contribution is 2.52. The number of esters is 1. The minimum atomic E-state index is -1.38. The molecule has 268 valence electrons. The molecule has 3 heterocycles. The molecule has 2 aromatic heterocycles. The molecule has 0 spiro atoms. The first-order valence-electron chi connectivity index (χ1n) is 19.6. The number of aryl methyl sites for hydroxylation is 3. The van der Waals surface area contributed by atoms with E-state index in [0.717, 1.165) is 52.9 Å². The molecule has 0 fully saturated rings. The second kappa shape index (κ2) is 17.2. The minimum Gasteiger partial charge on any atom is -0.423 e. The van der Waals surface area contributed by atoms with Gasteiger partial charge < -0.3 is 9.30 Å². The van der Waals surface area contributed by atoms with E-state index in [9.17, 15) is 4.79 Å². The lowest BCUT2D eigenvalue weighted by molar-refractivity contribution is 0.0123. The summed E-state index contributed by atoms with van der Waals surface area (Å²) in [5, 5.41) is 1.03. The van der Waals surface area contributed by atoms with E-state index in [1.54, 1.807) is 12.4 Å². The highest BCUT2D eigenvalue weighted by Gasteiger charge is 2.57. The summed E-state index contributed by atoms with van der Waals surface area (Å²) in [6.45, 7) is 9.60. The third kappa shape index (κ3) is 7.61. The topological polar surface area (TPSA) is 60.2 Å². The zero-order chi connectivity index (χ0) is 35.6. The lowest BCUT2D eigenvalue weighted by atomic mass is 9.92. The van der Waals surface area contributed by atoms with E-state index in [1.165, 1.54) is 88.2 Å². The Bertz CT molecular complexity index is 1820. The van der Waals surface area contributed by atoms with Crippen LogP contribution < -0.4 is 4.90 Å². The smallest absolute Gasteiger partial charge is 0.361 e. The monoisotopic (exact) mass is 684 g/mol. The first-order valence-corrected chi connectivity index (χ1v) is 19.6. The number of carbonyl (C=O) groups is 1. The van der Waals surface area contributed by atoms with Crippen molar-refractivity contribution < 1.29 is 9.53 Å². The molecule has 6 nitrogen and oxygen atoms in total. The van der Waals surface area contributed by atoms with Gasteiger partial charge in [0.1, 0.15) is 5.69 Å². The van der Waals surface area contributed by atoms with Crippen LogP contribution in [0.4, 0.5) is 11.4 Å². The van der Waals surface area contributed by atoms with Crippen LogP contribution in [0.2, 0.25) is 0 Å². The maximum Gasteiger partial charge on any atom is 0.361 e. The van der Waals surface area contributed by atoms with Crippen molar-refractivity contribution in [3.8, 4) is 0 Å². The molecule has 0 bridgehead atoms. The molecule has 0 saturated carbocycles. The van der Waals surface area contributed by atoms with Gasteiger partial charge in [0.2, 0.25) is 0 Å². The van der Waals surface area contributed by atoms with Crippen molar-refractivity contribution in [3.05, 3.63) is 119 Å². The molecule has 3 aromatic carbocycles. The largest absolute Gasteiger partial charge is 0.423 e. The Labute approximate surface area is 305 Å². The predicted octanol–water partition coefficient (Wildman–Crippen LogP) is 11.8. The number of nitrogens with zero attached hydrogens (tertiary/aromatic N) is 4. The fourth-order valence-electron chi connectivity index (χ4n) is 8.02. The molecule has 1 unspecified atom stereocenters. The van der Waals surface area contributed by atoms with Gasteiger partial charge in [0, 0.05) is 46.9 Å². The van der Waals surface area contributed by atoms with Gasteiger partial charge in [0.05, 0.1) is 5.56 Å². The van der Waals surface area contributed by atoms with Gasteiger partial charge in [-0.1, -0.05) is 121 Å². The number of carbonyl (C=O) groups excluding carboxylic acids is 1. The summed E-state index contributed by atoms with van der Waals surface area (Å²) in [6, 6.07) is 26.1. The number of ether oxygens (including phenoxy) is 1. The SMILES string of the molecule is CCCCCCCCc1ccc(N(c2ccc(CCCCCCCC)cc2)C2(c3c(C)n(CC)c4ccccc34)OC(=O)c3nccnc32)cc1. The first-order chi connectivity index (χ1) is 25.0. The van der Waals surface area contributed by atoms with Crippen molar-refractivity contribution >= 4 is 28.2 Å². The molecule has 1 atom stereocenters. The van der Waals surface area contributed by atoms with E-state index in [1.807, 2.05) is 0 Å². The van der Waals surface area contributed by atoms with Crippen LogP contribution in [0.15, 0.2) is 85.2 Å². The van der Waals surface area contributed by atoms with E-state index in [2.05, 4.69) is 115 Å². The number of rotatable bonds is 19. The summed E-state index contributed by atoms with van der Waals surface area (Å²) < 4.78 is 9.06. The van der Waals surface area contributed by atoms with Crippen molar-refractivity contribution in [2.45, 2.75) is 130 Å². The standard InChI is InChI=1S/C45H56N4O2/c1-5-8-10-12-14-16-20-35-24-28-37(29-25-35)49(38-30-26-36(27-31-38)21-17-15-13-11-9-6-2)45(43-42(44(50)51-45)46-32-33-47-43)41-34(4)48(7-3)40-23-19-18-22-39(40)41/h18-19,22-33H,5-17,20-21H2,1-4H3. The summed E-state index contributed by atoms with van der Waals surface area (Å²) in [5.74, 6) is -0.463. The van der Waals surface area contributed by atoms with Gasteiger partial charge >= 0.3 is 5.97 Å². The molecular formula is C45H56N4O2. The molecule has 0 aliphatic carbocycles. The Morgan fingerprint density at radius 1 is 0.667 bits per heavy atom. The van der Waals surface area contributed by atoms with Crippen LogP contribution in [0.5, 0.6) is 0 Å². The highest BCUT2D eigenvalue weighted by atomic mass is 16.6. The Morgan fingerprint density at radius 2 is 1.20 bits per heavy atom. The van der Waals surface area contributed by atoms with Gasteiger partial charge in [-0.05, 0) is 81.0 Å². The molecule has 6 heteroatoms. The first kappa shape index (κ1) is 36.3. The van der Waals surface area contributed by atoms with Crippen LogP contribution in [0.1, 0.15) is 136 Å². The number of aromatic nitrogens is 3. The summed E-state index contributed by atoms with van der Waals surface area (Å²) >= 11 is 0. The van der Waals surface area contributed by atoms with Crippen molar-refractivity contribution in [1.82, 2.24) is 14.5 Å². The lowest BCUT2D eigenvalue weighted by Gasteiger charge is -2.41. The fourth-order valence-corrected chi connectivity index (χ4v) is 8.02. The van der Waals surface area contributed by atoms with Gasteiger partial charge in [-0.25, -0.2) is 9.78 Å². The number of para-hydroxylation sites is 1. The third-order valence-corrected chi connectivity index (χ3v) is 10.7. The zero-order valence-corrected chi connectivity index (χ0v) is 31.3. The number of hydrogen-bond acceptors (Lipinski definition) is 5. The summed E-state index contributed by atoms with van der Waals surface area (Å²) in [6.07, 6.45) is 20.7. The van der Waals surface area contributed by atoms with Crippen LogP contribution in [0.25, 0.3) is 10.9 Å². The normalized spacial score (nSPS) is 15.3. The summed E-state index contributed by atoms with van der Waals surface area (Å²) in [5.41, 5.74) is 6.96. The van der Waals surface area contributed by atoms with E-state index in [0.29, 0.717) is 5.69 Å². The number of unbranched alkanes of at least 4 members (excludes halogenated alkanes) is 10. The number of anilines is 2. The van der Waals surface area contributed by atoms with Crippen molar-refractivity contribution in [2.24, 2.45) is 0 Å². The van der Waals surface area contributed by atoms with Gasteiger partial charge in [-0.2, -0.15) is 0 Å². The molecule has 1 aliphatic heterocycles. The Hall–Kier alpha value is -4.45. The molecule has 0 saturated heterocycles. The second-order valence-corrected chi connectivity index (χ2v) is 14.2. The Morgan fingerprint density at radius 3 is 1.76 bits per heavy atom. The Balaban J connectivity index is 1.45. The number of cyclic esters (lactones) is 1. The average Bonchev–Trinajstić information content (AvgIpc) is 3.62. The molecule has 5 aromatic rings. The number of benzene rings is 3. The van der Waals surface area contributed by atoms with Crippen LogP contribution in [-0.2, 0) is 29.8 Å². The van der Waals surface area contributed by atoms with E-state index in [-0.39, 0.29) is 5.69 Å². The molecule has 0 amide bonds. The number of hydrogen-bond donors (Lipinski definition) is 0. The molecule has 1 aliphatic rings. The molecule has 51 heavy (non-hydrogen) atoms. The molecule has 6 rings (SSSR count). The molecule has 0 N–H and O–H groups in total. The second-order valence-electron chi connectivity index (χ2n) is 14.2. The fraction of sp³-hybridized carbons (Fsp3) is 0.444. The van der Waals surface area contributed by atoms with Crippen LogP contribution in [-0.4, -0.2) is 20.5 Å². The maximum absolute atomic E-state index is 13.9. The van der Waals surface area contributed by atoms with Crippen molar-refractivity contribution in [1.29, 1.82) is 0 Å². The third-order valence-electron chi connectivity index (χ3n) is 10.7. The summed E-state index contributed by atoms with van der Waals surface area (Å²) in [7, 11) is 0. The van der Waals surface area contributed by atoms with Gasteiger partial charge in [0.25, 0.3) is 5.72 Å². The Kier molecular flexibility index (Phi) is 12.2.